The summed E-state index contributed by atoms with van der Waals surface area (Å²) in [7, 11) is 0. The first-order valence-corrected chi connectivity index (χ1v) is 7.15. The highest BCUT2D eigenvalue weighted by Gasteiger charge is 2.55. The van der Waals surface area contributed by atoms with Gasteiger partial charge in [-0.15, -0.1) is 0 Å². The molecular formula is C14H24N2O2. The molecule has 1 N–H and O–H groups in total. The number of hydrogen-bond acceptors (Lipinski definition) is 2. The monoisotopic (exact) mass is 252 g/mol. The van der Waals surface area contributed by atoms with E-state index < -0.39 is 11.1 Å². The summed E-state index contributed by atoms with van der Waals surface area (Å²) in [6, 6.07) is 0. The molecule has 2 amide bonds. The van der Waals surface area contributed by atoms with E-state index in [4.69, 9.17) is 0 Å². The predicted molar refractivity (Wildman–Crippen MR) is 70.0 cm³/mol. The Balaban J connectivity index is 2.35. The third-order valence-electron chi connectivity index (χ3n) is 4.80. The van der Waals surface area contributed by atoms with Crippen molar-refractivity contribution in [3.63, 3.8) is 0 Å². The average molecular weight is 252 g/mol. The first kappa shape index (κ1) is 13.4. The van der Waals surface area contributed by atoms with Gasteiger partial charge in [0.2, 0.25) is 11.8 Å². The average Bonchev–Trinajstić information content (AvgIpc) is 2.38. The van der Waals surface area contributed by atoms with E-state index in [1.165, 1.54) is 6.42 Å². The van der Waals surface area contributed by atoms with E-state index in [0.29, 0.717) is 13.0 Å². The highest BCUT2D eigenvalue weighted by atomic mass is 16.2. The lowest BCUT2D eigenvalue weighted by atomic mass is 9.76. The molecule has 0 aromatic heterocycles. The van der Waals surface area contributed by atoms with Crippen LogP contribution in [0.1, 0.15) is 59.3 Å². The topological polar surface area (TPSA) is 49.4 Å². The SMILES string of the molecule is CCN1C(=O)C2(CCCCC2)NC(=O)C1(C)CC. The molecule has 0 aromatic rings. The molecule has 0 aromatic carbocycles. The van der Waals surface area contributed by atoms with Crippen molar-refractivity contribution in [2.24, 2.45) is 0 Å². The van der Waals surface area contributed by atoms with Crippen LogP contribution in [-0.2, 0) is 9.59 Å². The normalized spacial score (nSPS) is 31.6. The first-order valence-electron chi connectivity index (χ1n) is 7.15. The number of nitrogens with zero attached hydrogens (tertiary/aromatic N) is 1. The molecule has 1 aliphatic carbocycles. The Bertz CT molecular complexity index is 361. The summed E-state index contributed by atoms with van der Waals surface area (Å²) < 4.78 is 0. The van der Waals surface area contributed by atoms with Crippen LogP contribution >= 0.6 is 0 Å². The van der Waals surface area contributed by atoms with Gasteiger partial charge in [-0.2, -0.15) is 0 Å². The largest absolute Gasteiger partial charge is 0.340 e. The van der Waals surface area contributed by atoms with Crippen molar-refractivity contribution in [2.45, 2.75) is 70.4 Å². The van der Waals surface area contributed by atoms with Gasteiger partial charge >= 0.3 is 0 Å². The van der Waals surface area contributed by atoms with Crippen molar-refractivity contribution in [3.05, 3.63) is 0 Å². The molecule has 2 fully saturated rings. The Morgan fingerprint density at radius 1 is 1.17 bits per heavy atom. The van der Waals surface area contributed by atoms with Crippen molar-refractivity contribution < 1.29 is 9.59 Å². The van der Waals surface area contributed by atoms with Gasteiger partial charge < -0.3 is 10.2 Å². The fourth-order valence-corrected chi connectivity index (χ4v) is 3.35. The molecule has 1 spiro atoms. The lowest BCUT2D eigenvalue weighted by Gasteiger charge is -2.52. The van der Waals surface area contributed by atoms with Crippen LogP contribution in [0.3, 0.4) is 0 Å². The molecule has 1 heterocycles. The van der Waals surface area contributed by atoms with E-state index in [2.05, 4.69) is 5.32 Å². The van der Waals surface area contributed by atoms with E-state index in [1.807, 2.05) is 20.8 Å². The van der Waals surface area contributed by atoms with Gasteiger partial charge in [0.15, 0.2) is 0 Å². The van der Waals surface area contributed by atoms with Crippen molar-refractivity contribution >= 4 is 11.8 Å². The summed E-state index contributed by atoms with van der Waals surface area (Å²) >= 11 is 0. The Labute approximate surface area is 109 Å². The smallest absolute Gasteiger partial charge is 0.249 e. The summed E-state index contributed by atoms with van der Waals surface area (Å²) in [5.74, 6) is 0.155. The molecule has 102 valence electrons. The van der Waals surface area contributed by atoms with Crippen molar-refractivity contribution in [1.82, 2.24) is 10.2 Å². The number of likely N-dealkylation sites (N-methyl/N-ethyl adjacent to an activating group) is 1. The molecule has 18 heavy (non-hydrogen) atoms. The van der Waals surface area contributed by atoms with Gasteiger partial charge in [0.25, 0.3) is 0 Å². The van der Waals surface area contributed by atoms with Crippen LogP contribution < -0.4 is 5.32 Å². The van der Waals surface area contributed by atoms with Gasteiger partial charge in [-0.3, -0.25) is 9.59 Å². The Kier molecular flexibility index (Phi) is 3.39. The van der Waals surface area contributed by atoms with Crippen LogP contribution in [0.25, 0.3) is 0 Å². The molecule has 1 atom stereocenters. The molecular weight excluding hydrogens is 228 g/mol. The lowest BCUT2D eigenvalue weighted by molar-refractivity contribution is -0.163. The number of carbonyl (C=O) groups is 2. The van der Waals surface area contributed by atoms with Crippen LogP contribution in [0, 0.1) is 0 Å². The van der Waals surface area contributed by atoms with Crippen LogP contribution in [-0.4, -0.2) is 34.3 Å². The summed E-state index contributed by atoms with van der Waals surface area (Å²) in [5.41, 5.74) is -1.27. The van der Waals surface area contributed by atoms with Crippen molar-refractivity contribution in [1.29, 1.82) is 0 Å². The minimum atomic E-state index is -0.672. The van der Waals surface area contributed by atoms with Crippen molar-refractivity contribution in [3.8, 4) is 0 Å². The van der Waals surface area contributed by atoms with E-state index in [1.54, 1.807) is 4.90 Å². The second-order valence-electron chi connectivity index (χ2n) is 5.77. The van der Waals surface area contributed by atoms with Gasteiger partial charge in [-0.1, -0.05) is 26.2 Å². The Hall–Kier alpha value is -1.06. The highest BCUT2D eigenvalue weighted by molar-refractivity contribution is 6.02. The lowest BCUT2D eigenvalue weighted by Crippen LogP contribution is -2.75. The second-order valence-corrected chi connectivity index (χ2v) is 5.77. The minimum Gasteiger partial charge on any atom is -0.340 e. The summed E-state index contributed by atoms with van der Waals surface area (Å²) in [6.07, 6.45) is 5.50. The Morgan fingerprint density at radius 3 is 2.28 bits per heavy atom. The number of piperazine rings is 1. The predicted octanol–water partition coefficient (Wildman–Crippen LogP) is 1.84. The maximum Gasteiger partial charge on any atom is 0.249 e. The zero-order valence-electron chi connectivity index (χ0n) is 11.7. The van der Waals surface area contributed by atoms with Crippen LogP contribution in [0.4, 0.5) is 0 Å². The van der Waals surface area contributed by atoms with Gasteiger partial charge in [0.05, 0.1) is 0 Å². The van der Waals surface area contributed by atoms with E-state index in [9.17, 15) is 9.59 Å². The number of nitrogens with one attached hydrogen (secondary N) is 1. The quantitative estimate of drug-likeness (QED) is 0.815. The van der Waals surface area contributed by atoms with E-state index in [-0.39, 0.29) is 11.8 Å². The second kappa shape index (κ2) is 4.56. The molecule has 1 saturated heterocycles. The Morgan fingerprint density at radius 2 is 1.78 bits per heavy atom. The summed E-state index contributed by atoms with van der Waals surface area (Å²) in [4.78, 5) is 27.0. The first-order chi connectivity index (χ1) is 8.50. The van der Waals surface area contributed by atoms with E-state index >= 15 is 0 Å². The summed E-state index contributed by atoms with van der Waals surface area (Å²) in [6.45, 7) is 6.41. The molecule has 1 unspecified atom stereocenters. The third-order valence-corrected chi connectivity index (χ3v) is 4.80. The van der Waals surface area contributed by atoms with Gasteiger partial charge in [0, 0.05) is 6.54 Å². The molecule has 2 rings (SSSR count). The number of amides is 2. The summed E-state index contributed by atoms with van der Waals surface area (Å²) in [5, 5.41) is 3.06. The van der Waals surface area contributed by atoms with Crippen LogP contribution in [0.2, 0.25) is 0 Å². The zero-order valence-corrected chi connectivity index (χ0v) is 11.7. The van der Waals surface area contributed by atoms with Crippen LogP contribution in [0.15, 0.2) is 0 Å². The molecule has 1 aliphatic heterocycles. The molecule has 0 bridgehead atoms. The molecule has 2 aliphatic rings. The standard InChI is InChI=1S/C14H24N2O2/c1-4-13(3)11(17)15-14(9-7-6-8-10-14)12(18)16(13)5-2/h4-10H2,1-3H3,(H,15,17). The fraction of sp³-hybridized carbons (Fsp3) is 0.857. The molecule has 1 saturated carbocycles. The minimum absolute atomic E-state index is 0.0216. The fourth-order valence-electron chi connectivity index (χ4n) is 3.35. The van der Waals surface area contributed by atoms with Crippen LogP contribution in [0.5, 0.6) is 0 Å². The number of hydrogen-bond donors (Lipinski definition) is 1. The number of rotatable bonds is 2. The van der Waals surface area contributed by atoms with Gasteiger partial charge in [0.1, 0.15) is 11.1 Å². The van der Waals surface area contributed by atoms with E-state index in [0.717, 1.165) is 25.7 Å². The van der Waals surface area contributed by atoms with Gasteiger partial charge in [-0.05, 0) is 33.1 Å². The van der Waals surface area contributed by atoms with Gasteiger partial charge in [-0.25, -0.2) is 0 Å². The third kappa shape index (κ3) is 1.73. The maximum absolute atomic E-state index is 12.8. The molecule has 4 nitrogen and oxygen atoms in total. The molecule has 0 radical (unpaired) electrons. The van der Waals surface area contributed by atoms with Crippen molar-refractivity contribution in [2.75, 3.05) is 6.54 Å². The zero-order chi connectivity index (χ0) is 13.4. The number of carbonyl (C=O) groups excluding carboxylic acids is 2. The highest BCUT2D eigenvalue weighted by Crippen LogP contribution is 2.37. The molecule has 4 heteroatoms. The maximum atomic E-state index is 12.8.